The van der Waals surface area contributed by atoms with Crippen molar-refractivity contribution in [3.63, 3.8) is 0 Å². The molecule has 1 N–H and O–H groups in total. The maximum atomic E-state index is 10.7. The van der Waals surface area contributed by atoms with E-state index in [4.69, 9.17) is 0 Å². The van der Waals surface area contributed by atoms with E-state index < -0.39 is 11.1 Å². The number of aromatic amines is 1. The lowest BCUT2D eigenvalue weighted by atomic mass is 10.2. The Balaban J connectivity index is 2.82. The molecule has 0 aliphatic heterocycles. The molecule has 0 radical (unpaired) electrons. The molecule has 1 aromatic heterocycles. The molecule has 0 spiro atoms. The van der Waals surface area contributed by atoms with Gasteiger partial charge in [-0.1, -0.05) is 6.07 Å². The van der Waals surface area contributed by atoms with Crippen molar-refractivity contribution in [2.24, 2.45) is 0 Å². The second-order valence-corrected chi connectivity index (χ2v) is 3.34. The molecule has 0 saturated carbocycles. The van der Waals surface area contributed by atoms with E-state index in [1.165, 1.54) is 0 Å². The molecular formula is C8H6NO2S-. The third-order valence-corrected chi connectivity index (χ3v) is 2.45. The van der Waals surface area contributed by atoms with Crippen molar-refractivity contribution in [2.45, 2.75) is 4.90 Å². The van der Waals surface area contributed by atoms with Crippen LogP contribution in [0.1, 0.15) is 0 Å². The summed E-state index contributed by atoms with van der Waals surface area (Å²) >= 11 is -2.15. The van der Waals surface area contributed by atoms with Crippen molar-refractivity contribution in [3.05, 3.63) is 30.5 Å². The van der Waals surface area contributed by atoms with Crippen molar-refractivity contribution >= 4 is 22.0 Å². The van der Waals surface area contributed by atoms with Crippen LogP contribution in [0.15, 0.2) is 35.4 Å². The summed E-state index contributed by atoms with van der Waals surface area (Å²) in [7, 11) is 0. The molecule has 1 atom stereocenters. The Hall–Kier alpha value is -1.13. The molecule has 62 valence electrons. The number of hydrogen-bond acceptors (Lipinski definition) is 2. The molecule has 1 heterocycles. The first-order valence-corrected chi connectivity index (χ1v) is 4.52. The maximum absolute atomic E-state index is 10.7. The highest BCUT2D eigenvalue weighted by Crippen LogP contribution is 2.19. The Labute approximate surface area is 71.7 Å². The van der Waals surface area contributed by atoms with Gasteiger partial charge in [0.2, 0.25) is 0 Å². The Morgan fingerprint density at radius 1 is 1.33 bits per heavy atom. The lowest BCUT2D eigenvalue weighted by Gasteiger charge is -2.05. The fourth-order valence-electron chi connectivity index (χ4n) is 1.20. The average molecular weight is 180 g/mol. The van der Waals surface area contributed by atoms with Crippen molar-refractivity contribution in [3.8, 4) is 0 Å². The lowest BCUT2D eigenvalue weighted by molar-refractivity contribution is 0.538. The molecule has 0 fully saturated rings. The van der Waals surface area contributed by atoms with E-state index in [2.05, 4.69) is 4.98 Å². The SMILES string of the molecule is O=S([O-])c1cccc2[nH]ccc12. The molecule has 0 bridgehead atoms. The van der Waals surface area contributed by atoms with Crippen LogP contribution in [0.2, 0.25) is 0 Å². The zero-order valence-electron chi connectivity index (χ0n) is 6.11. The highest BCUT2D eigenvalue weighted by Gasteiger charge is 1.99. The van der Waals surface area contributed by atoms with E-state index in [0.29, 0.717) is 4.90 Å². The van der Waals surface area contributed by atoms with Crippen molar-refractivity contribution in [2.75, 3.05) is 0 Å². The Morgan fingerprint density at radius 3 is 2.92 bits per heavy atom. The van der Waals surface area contributed by atoms with Crippen LogP contribution in [-0.2, 0) is 11.1 Å². The van der Waals surface area contributed by atoms with Crippen LogP contribution in [0.25, 0.3) is 10.9 Å². The molecule has 0 amide bonds. The molecule has 0 saturated heterocycles. The minimum absolute atomic E-state index is 0.341. The molecule has 2 rings (SSSR count). The van der Waals surface area contributed by atoms with Gasteiger partial charge in [-0.15, -0.1) is 0 Å². The fourth-order valence-corrected chi connectivity index (χ4v) is 1.75. The summed E-state index contributed by atoms with van der Waals surface area (Å²) in [5, 5.41) is 0.742. The van der Waals surface area contributed by atoms with Crippen molar-refractivity contribution in [1.82, 2.24) is 4.98 Å². The first-order valence-electron chi connectivity index (χ1n) is 3.44. The van der Waals surface area contributed by atoms with Gasteiger partial charge >= 0.3 is 0 Å². The van der Waals surface area contributed by atoms with Gasteiger partial charge in [0.1, 0.15) is 0 Å². The van der Waals surface area contributed by atoms with Gasteiger partial charge in [0, 0.05) is 22.0 Å². The van der Waals surface area contributed by atoms with E-state index in [9.17, 15) is 8.76 Å². The number of benzene rings is 1. The van der Waals surface area contributed by atoms with E-state index in [1.807, 2.05) is 6.07 Å². The first kappa shape index (κ1) is 7.52. The van der Waals surface area contributed by atoms with Crippen LogP contribution in [0.3, 0.4) is 0 Å². The summed E-state index contributed by atoms with van der Waals surface area (Å²) < 4.78 is 21.4. The highest BCUT2D eigenvalue weighted by molar-refractivity contribution is 7.79. The summed E-state index contributed by atoms with van der Waals surface area (Å²) in [5.41, 5.74) is 0.844. The van der Waals surface area contributed by atoms with Gasteiger partial charge < -0.3 is 9.54 Å². The van der Waals surface area contributed by atoms with E-state index in [1.54, 1.807) is 24.4 Å². The number of hydrogen-bond donors (Lipinski definition) is 1. The number of rotatable bonds is 1. The molecule has 12 heavy (non-hydrogen) atoms. The van der Waals surface area contributed by atoms with Gasteiger partial charge in [-0.2, -0.15) is 0 Å². The predicted octanol–water partition coefficient (Wildman–Crippen LogP) is 1.41. The smallest absolute Gasteiger partial charge is 0.0465 e. The summed E-state index contributed by atoms with van der Waals surface area (Å²) in [5.74, 6) is 0. The normalized spacial score (nSPS) is 13.4. The van der Waals surface area contributed by atoms with Crippen molar-refractivity contribution < 1.29 is 8.76 Å². The highest BCUT2D eigenvalue weighted by atomic mass is 32.2. The predicted molar refractivity (Wildman–Crippen MR) is 45.5 cm³/mol. The lowest BCUT2D eigenvalue weighted by Crippen LogP contribution is -1.88. The summed E-state index contributed by atoms with van der Waals surface area (Å²) in [6.45, 7) is 0. The zero-order chi connectivity index (χ0) is 8.55. The first-order chi connectivity index (χ1) is 5.79. The second kappa shape index (κ2) is 2.73. The molecule has 0 aliphatic carbocycles. The van der Waals surface area contributed by atoms with E-state index >= 15 is 0 Å². The monoisotopic (exact) mass is 180 g/mol. The molecule has 1 aromatic carbocycles. The van der Waals surface area contributed by atoms with Crippen LogP contribution < -0.4 is 0 Å². The van der Waals surface area contributed by atoms with Gasteiger partial charge in [0.15, 0.2) is 0 Å². The topological polar surface area (TPSA) is 55.9 Å². The van der Waals surface area contributed by atoms with Gasteiger partial charge in [-0.05, 0) is 29.3 Å². The van der Waals surface area contributed by atoms with Crippen LogP contribution in [0.4, 0.5) is 0 Å². The summed E-state index contributed by atoms with van der Waals surface area (Å²) in [6, 6.07) is 6.88. The third-order valence-electron chi connectivity index (χ3n) is 1.73. The van der Waals surface area contributed by atoms with E-state index in [0.717, 1.165) is 10.9 Å². The molecule has 1 unspecified atom stereocenters. The van der Waals surface area contributed by atoms with Gasteiger partial charge in [-0.3, -0.25) is 4.21 Å². The van der Waals surface area contributed by atoms with Crippen LogP contribution >= 0.6 is 0 Å². The summed E-state index contributed by atoms with van der Waals surface area (Å²) in [6.07, 6.45) is 1.72. The minimum Gasteiger partial charge on any atom is -0.768 e. The second-order valence-electron chi connectivity index (χ2n) is 2.43. The largest absolute Gasteiger partial charge is 0.768 e. The fraction of sp³-hybridized carbons (Fsp3) is 0. The van der Waals surface area contributed by atoms with Crippen molar-refractivity contribution in [1.29, 1.82) is 0 Å². The molecule has 0 aliphatic rings. The average Bonchev–Trinajstić information content (AvgIpc) is 2.49. The Kier molecular flexibility index (Phi) is 1.71. The number of aromatic nitrogens is 1. The zero-order valence-corrected chi connectivity index (χ0v) is 6.93. The molecule has 2 aromatic rings. The molecule has 4 heteroatoms. The van der Waals surface area contributed by atoms with Crippen LogP contribution in [0, 0.1) is 0 Å². The number of nitrogens with one attached hydrogen (secondary N) is 1. The van der Waals surface area contributed by atoms with Crippen LogP contribution in [0.5, 0.6) is 0 Å². The van der Waals surface area contributed by atoms with Gasteiger partial charge in [0.25, 0.3) is 0 Å². The third kappa shape index (κ3) is 1.05. The minimum atomic E-state index is -2.15. The van der Waals surface area contributed by atoms with Gasteiger partial charge in [-0.25, -0.2) is 0 Å². The number of fused-ring (bicyclic) bond motifs is 1. The Morgan fingerprint density at radius 2 is 2.17 bits per heavy atom. The molecule has 3 nitrogen and oxygen atoms in total. The maximum Gasteiger partial charge on any atom is 0.0465 e. The standard InChI is InChI=1S/C8H7NO2S/c10-12(11)8-3-1-2-7-6(8)4-5-9-7/h1-5,9H,(H,10,11)/p-1. The Bertz CT molecular complexity index is 435. The summed E-state index contributed by atoms with van der Waals surface area (Å²) in [4.78, 5) is 3.28. The van der Waals surface area contributed by atoms with Gasteiger partial charge in [0.05, 0.1) is 0 Å². The number of H-pyrrole nitrogens is 1. The molecular weight excluding hydrogens is 174 g/mol. The van der Waals surface area contributed by atoms with Crippen LogP contribution in [-0.4, -0.2) is 13.7 Å². The van der Waals surface area contributed by atoms with E-state index in [-0.39, 0.29) is 0 Å². The quantitative estimate of drug-likeness (QED) is 0.674.